The third-order valence-corrected chi connectivity index (χ3v) is 4.11. The van der Waals surface area contributed by atoms with Crippen molar-refractivity contribution >= 4 is 12.0 Å². The lowest BCUT2D eigenvalue weighted by molar-refractivity contribution is -0.126. The van der Waals surface area contributed by atoms with Crippen molar-refractivity contribution in [2.24, 2.45) is 0 Å². The number of nitrogens with zero attached hydrogens (tertiary/aromatic N) is 2. The van der Waals surface area contributed by atoms with Crippen molar-refractivity contribution in [1.29, 1.82) is 5.26 Å². The predicted molar refractivity (Wildman–Crippen MR) is 101 cm³/mol. The summed E-state index contributed by atoms with van der Waals surface area (Å²) in [6.07, 6.45) is 3.26. The first-order valence-corrected chi connectivity index (χ1v) is 8.24. The van der Waals surface area contributed by atoms with Gasteiger partial charge in [0.05, 0.1) is 13.2 Å². The lowest BCUT2D eigenvalue weighted by atomic mass is 10.1. The largest absolute Gasteiger partial charge is 0.493 e. The second-order valence-corrected chi connectivity index (χ2v) is 5.73. The molecule has 0 radical (unpaired) electrons. The van der Waals surface area contributed by atoms with Gasteiger partial charge in [-0.15, -0.1) is 0 Å². The number of benzene rings is 2. The van der Waals surface area contributed by atoms with Crippen LogP contribution in [-0.4, -0.2) is 31.6 Å². The maximum atomic E-state index is 12.4. The number of rotatable bonds is 7. The van der Waals surface area contributed by atoms with Crippen molar-refractivity contribution in [3.05, 3.63) is 65.7 Å². The second kappa shape index (κ2) is 9.28. The Kier molecular flexibility index (Phi) is 6.81. The first-order chi connectivity index (χ1) is 12.6. The molecule has 1 unspecified atom stereocenters. The number of amides is 1. The first-order valence-electron chi connectivity index (χ1n) is 8.24. The summed E-state index contributed by atoms with van der Waals surface area (Å²) in [5.41, 5.74) is 1.89. The van der Waals surface area contributed by atoms with Gasteiger partial charge in [0.25, 0.3) is 0 Å². The standard InChI is InChI=1S/C21H22N2O3/c1-16(18-7-5-4-6-8-18)23(2)21(24)12-10-17-9-11-19(26-14-13-22)20(15-17)25-3/h4-12,15-16H,14H2,1-3H3/b12-10+. The summed E-state index contributed by atoms with van der Waals surface area (Å²) in [4.78, 5) is 14.1. The SMILES string of the molecule is COc1cc(/C=C/C(=O)N(C)C(C)c2ccccc2)ccc1OCC#N. The van der Waals surface area contributed by atoms with E-state index in [0.717, 1.165) is 11.1 Å². The van der Waals surface area contributed by atoms with Gasteiger partial charge in [0.15, 0.2) is 18.1 Å². The third kappa shape index (κ3) is 4.87. The van der Waals surface area contributed by atoms with Crippen molar-refractivity contribution in [3.63, 3.8) is 0 Å². The molecule has 0 aromatic heterocycles. The molecule has 0 fully saturated rings. The fourth-order valence-electron chi connectivity index (χ4n) is 2.45. The van der Waals surface area contributed by atoms with Crippen LogP contribution in [-0.2, 0) is 4.79 Å². The van der Waals surface area contributed by atoms with E-state index < -0.39 is 0 Å². The monoisotopic (exact) mass is 350 g/mol. The van der Waals surface area contributed by atoms with Gasteiger partial charge in [0, 0.05) is 13.1 Å². The zero-order chi connectivity index (χ0) is 18.9. The number of likely N-dealkylation sites (N-methyl/N-ethyl adjacent to an activating group) is 1. The Balaban J connectivity index is 2.08. The number of hydrogen-bond acceptors (Lipinski definition) is 4. The topological polar surface area (TPSA) is 62.6 Å². The van der Waals surface area contributed by atoms with E-state index in [2.05, 4.69) is 0 Å². The van der Waals surface area contributed by atoms with E-state index in [1.54, 1.807) is 36.2 Å². The Labute approximate surface area is 154 Å². The van der Waals surface area contributed by atoms with Gasteiger partial charge >= 0.3 is 0 Å². The molecular weight excluding hydrogens is 328 g/mol. The zero-order valence-electron chi connectivity index (χ0n) is 15.2. The van der Waals surface area contributed by atoms with Crippen LogP contribution >= 0.6 is 0 Å². The van der Waals surface area contributed by atoms with Crippen molar-refractivity contribution in [1.82, 2.24) is 4.90 Å². The minimum absolute atomic E-state index is 0.0235. The van der Waals surface area contributed by atoms with Gasteiger partial charge in [-0.05, 0) is 36.3 Å². The molecule has 2 rings (SSSR count). The van der Waals surface area contributed by atoms with Crippen LogP contribution < -0.4 is 9.47 Å². The molecule has 0 heterocycles. The maximum absolute atomic E-state index is 12.4. The van der Waals surface area contributed by atoms with Gasteiger partial charge in [0.2, 0.25) is 5.91 Å². The first kappa shape index (κ1) is 19.1. The molecule has 5 nitrogen and oxygen atoms in total. The zero-order valence-corrected chi connectivity index (χ0v) is 15.2. The van der Waals surface area contributed by atoms with Crippen LogP contribution in [0.2, 0.25) is 0 Å². The summed E-state index contributed by atoms with van der Waals surface area (Å²) >= 11 is 0. The molecule has 2 aromatic rings. The molecule has 0 saturated carbocycles. The Morgan fingerprint density at radius 3 is 2.62 bits per heavy atom. The molecule has 0 N–H and O–H groups in total. The van der Waals surface area contributed by atoms with E-state index in [9.17, 15) is 4.79 Å². The van der Waals surface area contributed by atoms with E-state index in [1.165, 1.54) is 13.2 Å². The minimum Gasteiger partial charge on any atom is -0.493 e. The summed E-state index contributed by atoms with van der Waals surface area (Å²) in [5, 5.41) is 8.60. The van der Waals surface area contributed by atoms with Crippen LogP contribution in [0.1, 0.15) is 24.1 Å². The molecule has 1 atom stereocenters. The highest BCUT2D eigenvalue weighted by Gasteiger charge is 2.15. The van der Waals surface area contributed by atoms with Gasteiger partial charge in [-0.1, -0.05) is 36.4 Å². The number of nitriles is 1. The molecule has 5 heteroatoms. The van der Waals surface area contributed by atoms with E-state index in [-0.39, 0.29) is 18.6 Å². The fraction of sp³-hybridized carbons (Fsp3) is 0.238. The van der Waals surface area contributed by atoms with Crippen LogP contribution in [0.4, 0.5) is 0 Å². The van der Waals surface area contributed by atoms with Crippen molar-refractivity contribution in [2.75, 3.05) is 20.8 Å². The number of methoxy groups -OCH3 is 1. The number of carbonyl (C=O) groups excluding carboxylic acids is 1. The third-order valence-electron chi connectivity index (χ3n) is 4.11. The molecule has 134 valence electrons. The van der Waals surface area contributed by atoms with Crippen LogP contribution in [0.5, 0.6) is 11.5 Å². The normalized spacial score (nSPS) is 11.6. The number of carbonyl (C=O) groups is 1. The second-order valence-electron chi connectivity index (χ2n) is 5.73. The molecule has 0 spiro atoms. The maximum Gasteiger partial charge on any atom is 0.246 e. The number of hydrogen-bond donors (Lipinski definition) is 0. The highest BCUT2D eigenvalue weighted by atomic mass is 16.5. The highest BCUT2D eigenvalue weighted by Crippen LogP contribution is 2.28. The summed E-state index contributed by atoms with van der Waals surface area (Å²) < 4.78 is 10.6. The van der Waals surface area contributed by atoms with E-state index in [0.29, 0.717) is 11.5 Å². The lowest BCUT2D eigenvalue weighted by Gasteiger charge is -2.24. The Morgan fingerprint density at radius 2 is 1.96 bits per heavy atom. The average molecular weight is 350 g/mol. The molecule has 2 aromatic carbocycles. The van der Waals surface area contributed by atoms with Crippen molar-refractivity contribution in [3.8, 4) is 17.6 Å². The van der Waals surface area contributed by atoms with Crippen LogP contribution in [0.25, 0.3) is 6.08 Å². The van der Waals surface area contributed by atoms with Gasteiger partial charge < -0.3 is 14.4 Å². The fourth-order valence-corrected chi connectivity index (χ4v) is 2.45. The molecule has 1 amide bonds. The Morgan fingerprint density at radius 1 is 1.23 bits per heavy atom. The predicted octanol–water partition coefficient (Wildman–Crippen LogP) is 3.83. The average Bonchev–Trinajstić information content (AvgIpc) is 2.70. The number of ether oxygens (including phenoxy) is 2. The van der Waals surface area contributed by atoms with Gasteiger partial charge in [-0.2, -0.15) is 5.26 Å². The molecule has 0 aliphatic carbocycles. The highest BCUT2D eigenvalue weighted by molar-refractivity contribution is 5.92. The smallest absolute Gasteiger partial charge is 0.246 e. The van der Waals surface area contributed by atoms with Gasteiger partial charge in [-0.25, -0.2) is 0 Å². The van der Waals surface area contributed by atoms with Crippen LogP contribution in [0.3, 0.4) is 0 Å². The minimum atomic E-state index is -0.0925. The molecule has 0 aliphatic rings. The van der Waals surface area contributed by atoms with Gasteiger partial charge in [0.1, 0.15) is 6.07 Å². The summed E-state index contributed by atoms with van der Waals surface area (Å²) in [6, 6.07) is 17.1. The van der Waals surface area contributed by atoms with Gasteiger partial charge in [-0.3, -0.25) is 4.79 Å². The van der Waals surface area contributed by atoms with Crippen molar-refractivity contribution in [2.45, 2.75) is 13.0 Å². The summed E-state index contributed by atoms with van der Waals surface area (Å²) in [6.45, 7) is 1.94. The molecule has 0 aliphatic heterocycles. The van der Waals surface area contributed by atoms with Crippen LogP contribution in [0.15, 0.2) is 54.6 Å². The Bertz CT molecular complexity index is 810. The molecular formula is C21H22N2O3. The lowest BCUT2D eigenvalue weighted by Crippen LogP contribution is -2.27. The summed E-state index contributed by atoms with van der Waals surface area (Å²) in [5.74, 6) is 0.915. The quantitative estimate of drug-likeness (QED) is 0.712. The van der Waals surface area contributed by atoms with Crippen LogP contribution in [0, 0.1) is 11.3 Å². The molecule has 26 heavy (non-hydrogen) atoms. The van der Waals surface area contributed by atoms with E-state index >= 15 is 0 Å². The van der Waals surface area contributed by atoms with E-state index in [1.807, 2.05) is 43.3 Å². The van der Waals surface area contributed by atoms with E-state index in [4.69, 9.17) is 14.7 Å². The summed E-state index contributed by atoms with van der Waals surface area (Å²) in [7, 11) is 3.31. The molecule has 0 bridgehead atoms. The molecule has 0 saturated heterocycles. The van der Waals surface area contributed by atoms with Crippen molar-refractivity contribution < 1.29 is 14.3 Å². The Hall–Kier alpha value is -3.26.